The van der Waals surface area contributed by atoms with E-state index in [4.69, 9.17) is 0 Å². The van der Waals surface area contributed by atoms with E-state index in [1.807, 2.05) is 30.5 Å². The summed E-state index contributed by atoms with van der Waals surface area (Å²) in [4.78, 5) is 37.2. The third-order valence-corrected chi connectivity index (χ3v) is 4.41. The second kappa shape index (κ2) is 5.85. The fraction of sp³-hybridized carbons (Fsp3) is 0.125. The molecule has 2 aromatic rings. The van der Waals surface area contributed by atoms with Crippen LogP contribution in [0.2, 0.25) is 0 Å². The summed E-state index contributed by atoms with van der Waals surface area (Å²) in [6.45, 7) is 0.148. The Morgan fingerprint density at radius 3 is 2.30 bits per heavy atom. The van der Waals surface area contributed by atoms with Crippen molar-refractivity contribution in [2.24, 2.45) is 0 Å². The first-order chi connectivity index (χ1) is 11.0. The Balaban J connectivity index is 1.88. The maximum atomic E-state index is 12.4. The lowest BCUT2D eigenvalue weighted by Gasteiger charge is -2.13. The number of rotatable bonds is 4. The van der Waals surface area contributed by atoms with E-state index in [9.17, 15) is 19.7 Å². The second-order valence-corrected chi connectivity index (χ2v) is 5.91. The zero-order valence-corrected chi connectivity index (χ0v) is 13.0. The van der Waals surface area contributed by atoms with Crippen LogP contribution in [0.3, 0.4) is 0 Å². The number of hydrogen-bond donors (Lipinski definition) is 0. The van der Waals surface area contributed by atoms with Gasteiger partial charge in [0.25, 0.3) is 17.5 Å². The number of imide groups is 1. The van der Waals surface area contributed by atoms with E-state index in [2.05, 4.69) is 0 Å². The summed E-state index contributed by atoms with van der Waals surface area (Å²) in [5, 5.41) is 10.8. The van der Waals surface area contributed by atoms with Crippen LogP contribution in [0.1, 0.15) is 26.3 Å². The molecule has 0 aliphatic carbocycles. The number of carbonyl (C=O) groups excluding carboxylic acids is 2. The summed E-state index contributed by atoms with van der Waals surface area (Å²) in [5.74, 6) is -0.920. The fourth-order valence-corrected chi connectivity index (χ4v) is 2.86. The molecule has 3 rings (SSSR count). The summed E-state index contributed by atoms with van der Waals surface area (Å²) in [6.07, 6.45) is 1.96. The number of carbonyl (C=O) groups is 2. The third kappa shape index (κ3) is 2.70. The van der Waals surface area contributed by atoms with Crippen LogP contribution >= 0.6 is 11.8 Å². The van der Waals surface area contributed by atoms with Crippen LogP contribution in [-0.4, -0.2) is 27.9 Å². The number of benzene rings is 2. The number of hydrogen-bond acceptors (Lipinski definition) is 5. The van der Waals surface area contributed by atoms with Gasteiger partial charge >= 0.3 is 0 Å². The van der Waals surface area contributed by atoms with Gasteiger partial charge in [0.05, 0.1) is 22.6 Å². The lowest BCUT2D eigenvalue weighted by molar-refractivity contribution is -0.384. The highest BCUT2D eigenvalue weighted by atomic mass is 32.2. The molecule has 116 valence electrons. The van der Waals surface area contributed by atoms with Crippen LogP contribution < -0.4 is 0 Å². The maximum Gasteiger partial charge on any atom is 0.270 e. The van der Waals surface area contributed by atoms with Crippen LogP contribution in [0.4, 0.5) is 5.69 Å². The van der Waals surface area contributed by atoms with Crippen LogP contribution in [-0.2, 0) is 6.54 Å². The molecule has 0 spiro atoms. The first kappa shape index (κ1) is 15.2. The zero-order valence-electron chi connectivity index (χ0n) is 12.2. The van der Waals surface area contributed by atoms with E-state index < -0.39 is 16.7 Å². The van der Waals surface area contributed by atoms with Gasteiger partial charge in [-0.2, -0.15) is 0 Å². The van der Waals surface area contributed by atoms with Crippen molar-refractivity contribution in [1.82, 2.24) is 4.90 Å². The Morgan fingerprint density at radius 2 is 1.70 bits per heavy atom. The Hall–Kier alpha value is -2.67. The molecular formula is C16H12N2O4S. The monoisotopic (exact) mass is 328 g/mol. The number of thioether (sulfide) groups is 1. The molecule has 2 amide bonds. The van der Waals surface area contributed by atoms with Crippen molar-refractivity contribution in [3.8, 4) is 0 Å². The molecule has 0 aromatic heterocycles. The first-order valence-electron chi connectivity index (χ1n) is 6.79. The molecular weight excluding hydrogens is 316 g/mol. The number of non-ortho nitro benzene ring substituents is 1. The van der Waals surface area contributed by atoms with Crippen molar-refractivity contribution < 1.29 is 14.5 Å². The predicted molar refractivity (Wildman–Crippen MR) is 85.5 cm³/mol. The van der Waals surface area contributed by atoms with E-state index in [0.717, 1.165) is 21.4 Å². The second-order valence-electron chi connectivity index (χ2n) is 5.03. The van der Waals surface area contributed by atoms with Crippen LogP contribution in [0.25, 0.3) is 0 Å². The average Bonchev–Trinajstić information content (AvgIpc) is 2.80. The van der Waals surface area contributed by atoms with Gasteiger partial charge in [0.15, 0.2) is 0 Å². The van der Waals surface area contributed by atoms with Gasteiger partial charge in [-0.05, 0) is 30.0 Å². The predicted octanol–water partition coefficient (Wildman–Crippen LogP) is 3.11. The van der Waals surface area contributed by atoms with Gasteiger partial charge < -0.3 is 0 Å². The minimum Gasteiger partial charge on any atom is -0.270 e. The largest absolute Gasteiger partial charge is 0.270 e. The van der Waals surface area contributed by atoms with E-state index in [-0.39, 0.29) is 23.4 Å². The maximum absolute atomic E-state index is 12.4. The molecule has 0 N–H and O–H groups in total. The number of nitrogens with zero attached hydrogens (tertiary/aromatic N) is 2. The molecule has 23 heavy (non-hydrogen) atoms. The van der Waals surface area contributed by atoms with Gasteiger partial charge in [-0.1, -0.05) is 12.1 Å². The summed E-state index contributed by atoms with van der Waals surface area (Å²) < 4.78 is 0. The van der Waals surface area contributed by atoms with Crippen molar-refractivity contribution in [1.29, 1.82) is 0 Å². The van der Waals surface area contributed by atoms with Crippen molar-refractivity contribution in [2.75, 3.05) is 6.26 Å². The summed E-state index contributed by atoms with van der Waals surface area (Å²) in [7, 11) is 0. The van der Waals surface area contributed by atoms with Crippen molar-refractivity contribution in [2.45, 2.75) is 11.4 Å². The van der Waals surface area contributed by atoms with Gasteiger partial charge in [-0.25, -0.2) is 0 Å². The smallest absolute Gasteiger partial charge is 0.270 e. The Bertz CT molecular complexity index is 817. The average molecular weight is 328 g/mol. The van der Waals surface area contributed by atoms with Crippen LogP contribution in [0, 0.1) is 10.1 Å². The Kier molecular flexibility index (Phi) is 3.87. The quantitative estimate of drug-likeness (QED) is 0.373. The highest BCUT2D eigenvalue weighted by molar-refractivity contribution is 7.98. The van der Waals surface area contributed by atoms with Crippen molar-refractivity contribution in [3.05, 3.63) is 69.3 Å². The summed E-state index contributed by atoms with van der Waals surface area (Å²) in [6, 6.07) is 11.3. The minimum absolute atomic E-state index is 0.0879. The van der Waals surface area contributed by atoms with Gasteiger partial charge in [0.2, 0.25) is 0 Å². The highest BCUT2D eigenvalue weighted by Gasteiger charge is 2.36. The summed E-state index contributed by atoms with van der Waals surface area (Å²) in [5.41, 5.74) is 0.925. The molecule has 1 aliphatic rings. The zero-order chi connectivity index (χ0) is 16.6. The molecule has 0 fully saturated rings. The molecule has 1 aliphatic heterocycles. The van der Waals surface area contributed by atoms with Gasteiger partial charge in [-0.3, -0.25) is 24.6 Å². The standard InChI is InChI=1S/C16H12N2O4S/c1-23-12-5-2-10(3-6-12)9-17-15(19)13-7-4-11(18(21)22)8-14(13)16(17)20/h2-8H,9H2,1H3. The number of amides is 2. The van der Waals surface area contributed by atoms with E-state index >= 15 is 0 Å². The molecule has 0 saturated heterocycles. The van der Waals surface area contributed by atoms with Crippen LogP contribution in [0.15, 0.2) is 47.4 Å². The molecule has 0 radical (unpaired) electrons. The van der Waals surface area contributed by atoms with E-state index in [1.165, 1.54) is 12.1 Å². The van der Waals surface area contributed by atoms with Gasteiger partial charge in [-0.15, -0.1) is 11.8 Å². The Morgan fingerprint density at radius 1 is 1.04 bits per heavy atom. The molecule has 0 atom stereocenters. The molecule has 0 unspecified atom stereocenters. The minimum atomic E-state index is -0.582. The number of nitro groups is 1. The summed E-state index contributed by atoms with van der Waals surface area (Å²) >= 11 is 1.60. The Labute approximate surface area is 136 Å². The molecule has 2 aromatic carbocycles. The van der Waals surface area contributed by atoms with Gasteiger partial charge in [0.1, 0.15) is 0 Å². The molecule has 7 heteroatoms. The van der Waals surface area contributed by atoms with Crippen LogP contribution in [0.5, 0.6) is 0 Å². The number of nitro benzene ring substituents is 1. The SMILES string of the molecule is CSc1ccc(CN2C(=O)c3ccc([N+](=O)[O-])cc3C2=O)cc1. The van der Waals surface area contributed by atoms with Gasteiger partial charge in [0, 0.05) is 17.0 Å². The molecule has 6 nitrogen and oxygen atoms in total. The highest BCUT2D eigenvalue weighted by Crippen LogP contribution is 2.28. The molecule has 0 bridgehead atoms. The first-order valence-corrected chi connectivity index (χ1v) is 8.01. The third-order valence-electron chi connectivity index (χ3n) is 3.66. The lowest BCUT2D eigenvalue weighted by Crippen LogP contribution is -2.29. The lowest BCUT2D eigenvalue weighted by atomic mass is 10.1. The topological polar surface area (TPSA) is 80.5 Å². The van der Waals surface area contributed by atoms with E-state index in [0.29, 0.717) is 0 Å². The van der Waals surface area contributed by atoms with Crippen molar-refractivity contribution in [3.63, 3.8) is 0 Å². The van der Waals surface area contributed by atoms with Crippen molar-refractivity contribution >= 4 is 29.3 Å². The number of fused-ring (bicyclic) bond motifs is 1. The molecule has 0 saturated carbocycles. The van der Waals surface area contributed by atoms with E-state index in [1.54, 1.807) is 11.8 Å². The molecule has 1 heterocycles. The fourth-order valence-electron chi connectivity index (χ4n) is 2.45. The normalized spacial score (nSPS) is 13.3.